The Kier molecular flexibility index (Phi) is 10.1. The van der Waals surface area contributed by atoms with Crippen molar-refractivity contribution in [2.24, 2.45) is 0 Å². The Morgan fingerprint density at radius 1 is 0.905 bits per heavy atom. The summed E-state index contributed by atoms with van der Waals surface area (Å²) in [4.78, 5) is 11.1. The predicted octanol–water partition coefficient (Wildman–Crippen LogP) is 5.43. The monoisotopic (exact) mass is 288 g/mol. The number of hydrogen-bond donors (Lipinski definition) is 0. The lowest BCUT2D eigenvalue weighted by atomic mass is 10.0. The van der Waals surface area contributed by atoms with Crippen molar-refractivity contribution < 1.29 is 9.53 Å². The van der Waals surface area contributed by atoms with E-state index in [1.165, 1.54) is 56.8 Å². The molecule has 0 spiro atoms. The molecule has 116 valence electrons. The van der Waals surface area contributed by atoms with Crippen molar-refractivity contribution in [1.82, 2.24) is 0 Å². The van der Waals surface area contributed by atoms with Gasteiger partial charge in [0.2, 0.25) is 0 Å². The fourth-order valence-corrected chi connectivity index (χ4v) is 2.46. The average molecular weight is 288 g/mol. The molecular weight excluding hydrogens is 260 g/mol. The minimum Gasteiger partial charge on any atom is -0.435 e. The molecule has 0 heterocycles. The molecule has 2 heteroatoms. The molecule has 0 N–H and O–H groups in total. The summed E-state index contributed by atoms with van der Waals surface area (Å²) in [6.07, 6.45) is 12.7. The van der Waals surface area contributed by atoms with Gasteiger partial charge in [-0.05, 0) is 24.8 Å². The maximum absolute atomic E-state index is 11.1. The average Bonchev–Trinajstić information content (AvgIpc) is 2.50. The van der Waals surface area contributed by atoms with Gasteiger partial charge in [0.25, 0.3) is 0 Å². The van der Waals surface area contributed by atoms with E-state index < -0.39 is 0 Å². The number of esters is 1. The Bertz CT molecular complexity index is 384. The van der Waals surface area contributed by atoms with Crippen LogP contribution in [0.15, 0.2) is 43.2 Å². The summed E-state index contributed by atoms with van der Waals surface area (Å²) in [5, 5.41) is 0. The van der Waals surface area contributed by atoms with Gasteiger partial charge in [-0.2, -0.15) is 0 Å². The van der Waals surface area contributed by atoms with Crippen LogP contribution in [-0.4, -0.2) is 5.97 Å². The topological polar surface area (TPSA) is 26.3 Å². The number of hydrogen-bond acceptors (Lipinski definition) is 2. The van der Waals surface area contributed by atoms with E-state index in [-0.39, 0.29) is 5.97 Å². The minimum atomic E-state index is -0.161. The molecule has 0 fully saturated rings. The largest absolute Gasteiger partial charge is 0.435 e. The fraction of sp³-hybridized carbons (Fsp3) is 0.526. The lowest BCUT2D eigenvalue weighted by Gasteiger charge is -2.03. The Balaban J connectivity index is 1.82. The summed E-state index contributed by atoms with van der Waals surface area (Å²) in [5.74, 6) is -0.161. The molecular formula is C19H28O2. The Hall–Kier alpha value is -1.57. The second-order valence-corrected chi connectivity index (χ2v) is 5.47. The highest BCUT2D eigenvalue weighted by molar-refractivity contribution is 5.69. The first kappa shape index (κ1) is 17.5. The standard InChI is InChI=1S/C19H28O2/c1-2-21-19(20)17-13-8-6-4-3-5-7-10-14-18-15-11-9-12-16-18/h2,9,11-12,15-16H,1,3-8,10,13-14,17H2. The first-order chi connectivity index (χ1) is 10.3. The molecule has 0 aliphatic heterocycles. The van der Waals surface area contributed by atoms with E-state index in [0.29, 0.717) is 6.42 Å². The smallest absolute Gasteiger partial charge is 0.310 e. The first-order valence-electron chi connectivity index (χ1n) is 8.17. The van der Waals surface area contributed by atoms with Crippen LogP contribution in [0.4, 0.5) is 0 Å². The number of carbonyl (C=O) groups excluding carboxylic acids is 1. The molecule has 0 amide bonds. The molecule has 1 rings (SSSR count). The van der Waals surface area contributed by atoms with Crippen molar-refractivity contribution >= 4 is 5.97 Å². The van der Waals surface area contributed by atoms with E-state index in [1.54, 1.807) is 0 Å². The van der Waals surface area contributed by atoms with Crippen LogP contribution in [0, 0.1) is 0 Å². The van der Waals surface area contributed by atoms with Gasteiger partial charge in [-0.25, -0.2) is 0 Å². The van der Waals surface area contributed by atoms with Crippen molar-refractivity contribution in [3.63, 3.8) is 0 Å². The van der Waals surface area contributed by atoms with Crippen molar-refractivity contribution in [2.75, 3.05) is 0 Å². The summed E-state index contributed by atoms with van der Waals surface area (Å²) in [5.41, 5.74) is 1.45. The molecule has 0 saturated carbocycles. The van der Waals surface area contributed by atoms with E-state index in [9.17, 15) is 4.79 Å². The van der Waals surface area contributed by atoms with Gasteiger partial charge < -0.3 is 4.74 Å². The molecule has 0 radical (unpaired) electrons. The quantitative estimate of drug-likeness (QED) is 0.291. The number of unbranched alkanes of at least 4 members (excludes halogenated alkanes) is 7. The van der Waals surface area contributed by atoms with Gasteiger partial charge in [0.1, 0.15) is 0 Å². The second-order valence-electron chi connectivity index (χ2n) is 5.47. The highest BCUT2D eigenvalue weighted by Crippen LogP contribution is 2.12. The molecule has 0 aliphatic rings. The summed E-state index contributed by atoms with van der Waals surface area (Å²) in [7, 11) is 0. The van der Waals surface area contributed by atoms with E-state index in [0.717, 1.165) is 12.8 Å². The van der Waals surface area contributed by atoms with Gasteiger partial charge >= 0.3 is 5.97 Å². The zero-order valence-corrected chi connectivity index (χ0v) is 13.1. The highest BCUT2D eigenvalue weighted by Gasteiger charge is 2.00. The van der Waals surface area contributed by atoms with Crippen molar-refractivity contribution in [2.45, 2.75) is 64.2 Å². The van der Waals surface area contributed by atoms with E-state index in [2.05, 4.69) is 41.6 Å². The Morgan fingerprint density at radius 2 is 1.48 bits per heavy atom. The third kappa shape index (κ3) is 9.89. The molecule has 0 unspecified atom stereocenters. The maximum atomic E-state index is 11.1. The third-order valence-corrected chi connectivity index (χ3v) is 3.65. The van der Waals surface area contributed by atoms with Gasteiger partial charge in [0.15, 0.2) is 0 Å². The lowest BCUT2D eigenvalue weighted by molar-refractivity contribution is -0.138. The summed E-state index contributed by atoms with van der Waals surface area (Å²) in [6.45, 7) is 3.37. The molecule has 2 nitrogen and oxygen atoms in total. The van der Waals surface area contributed by atoms with Crippen LogP contribution in [0.2, 0.25) is 0 Å². The maximum Gasteiger partial charge on any atom is 0.310 e. The van der Waals surface area contributed by atoms with Crippen LogP contribution in [-0.2, 0) is 16.0 Å². The molecule has 1 aromatic rings. The Labute approximate surface area is 129 Å². The zero-order chi connectivity index (χ0) is 15.2. The summed E-state index contributed by atoms with van der Waals surface area (Å²) < 4.78 is 4.68. The van der Waals surface area contributed by atoms with Gasteiger partial charge in [-0.3, -0.25) is 4.79 Å². The van der Waals surface area contributed by atoms with E-state index >= 15 is 0 Å². The van der Waals surface area contributed by atoms with Crippen LogP contribution >= 0.6 is 0 Å². The van der Waals surface area contributed by atoms with E-state index in [4.69, 9.17) is 0 Å². The molecule has 1 aromatic carbocycles. The van der Waals surface area contributed by atoms with Crippen molar-refractivity contribution in [1.29, 1.82) is 0 Å². The lowest BCUT2D eigenvalue weighted by Crippen LogP contribution is -1.98. The van der Waals surface area contributed by atoms with Crippen molar-refractivity contribution in [3.8, 4) is 0 Å². The molecule has 0 bridgehead atoms. The van der Waals surface area contributed by atoms with Crippen LogP contribution in [0.1, 0.15) is 63.4 Å². The fourth-order valence-electron chi connectivity index (χ4n) is 2.46. The van der Waals surface area contributed by atoms with Gasteiger partial charge in [0, 0.05) is 6.42 Å². The highest BCUT2D eigenvalue weighted by atomic mass is 16.5. The first-order valence-corrected chi connectivity index (χ1v) is 8.17. The Morgan fingerprint density at radius 3 is 2.10 bits per heavy atom. The number of ether oxygens (including phenoxy) is 1. The number of rotatable bonds is 12. The van der Waals surface area contributed by atoms with Gasteiger partial charge in [0.05, 0.1) is 6.26 Å². The van der Waals surface area contributed by atoms with Crippen LogP contribution in [0.5, 0.6) is 0 Å². The van der Waals surface area contributed by atoms with E-state index in [1.807, 2.05) is 0 Å². The summed E-state index contributed by atoms with van der Waals surface area (Å²) >= 11 is 0. The third-order valence-electron chi connectivity index (χ3n) is 3.65. The second kappa shape index (κ2) is 12.2. The van der Waals surface area contributed by atoms with Crippen LogP contribution in [0.25, 0.3) is 0 Å². The number of benzene rings is 1. The van der Waals surface area contributed by atoms with Crippen molar-refractivity contribution in [3.05, 3.63) is 48.7 Å². The molecule has 0 saturated heterocycles. The zero-order valence-electron chi connectivity index (χ0n) is 13.1. The SMILES string of the molecule is C=COC(=O)CCCCCCCCCCc1ccccc1. The normalized spacial score (nSPS) is 10.3. The van der Waals surface area contributed by atoms with Gasteiger partial charge in [-0.15, -0.1) is 0 Å². The van der Waals surface area contributed by atoms with Crippen LogP contribution in [0.3, 0.4) is 0 Å². The molecule has 21 heavy (non-hydrogen) atoms. The predicted molar refractivity (Wildman–Crippen MR) is 88.0 cm³/mol. The number of aryl methyl sites for hydroxylation is 1. The molecule has 0 atom stereocenters. The molecule has 0 aliphatic carbocycles. The molecule has 0 aromatic heterocycles. The minimum absolute atomic E-state index is 0.161. The van der Waals surface area contributed by atoms with Crippen LogP contribution < -0.4 is 0 Å². The number of carbonyl (C=O) groups is 1. The van der Waals surface area contributed by atoms with Gasteiger partial charge in [-0.1, -0.05) is 75.4 Å². The summed E-state index contributed by atoms with van der Waals surface area (Å²) in [6, 6.07) is 10.7.